The van der Waals surface area contributed by atoms with Gasteiger partial charge in [-0.2, -0.15) is 0 Å². The molecule has 0 amide bonds. The maximum Gasteiger partial charge on any atom is 0.375 e. The molecule has 0 unspecified atom stereocenters. The molecule has 19 heavy (non-hydrogen) atoms. The lowest BCUT2D eigenvalue weighted by atomic mass is 10.0. The Balaban J connectivity index is 2.17. The van der Waals surface area contributed by atoms with Crippen LogP contribution in [0.5, 0.6) is 0 Å². The molecule has 2 aliphatic rings. The largest absolute Gasteiger partial charge is 0.475 e. The lowest BCUT2D eigenvalue weighted by molar-refractivity contribution is -0.175. The summed E-state index contributed by atoms with van der Waals surface area (Å²) in [4.78, 5) is 22.5. The van der Waals surface area contributed by atoms with Crippen LogP contribution in [-0.4, -0.2) is 53.4 Å². The molecule has 2 heterocycles. The molecular weight excluding hydrogens is 256 g/mol. The van der Waals surface area contributed by atoms with Gasteiger partial charge in [0.2, 0.25) is 0 Å². The van der Waals surface area contributed by atoms with Gasteiger partial charge in [0.1, 0.15) is 12.2 Å². The molecular formula is C12H18O7. The topological polar surface area (TPSA) is 91.3 Å². The molecule has 2 aliphatic heterocycles. The second kappa shape index (κ2) is 4.52. The lowest BCUT2D eigenvalue weighted by Gasteiger charge is -2.22. The SMILES string of the molecule is CC1(C)OC[C@@H]([C@@H]2OC(C)(C)O[C@H]2C(=O)C(=O)O)O1. The van der Waals surface area contributed by atoms with Crippen molar-refractivity contribution in [2.45, 2.75) is 57.6 Å². The van der Waals surface area contributed by atoms with E-state index in [1.807, 2.05) is 0 Å². The predicted molar refractivity (Wildman–Crippen MR) is 61.4 cm³/mol. The summed E-state index contributed by atoms with van der Waals surface area (Å²) >= 11 is 0. The number of rotatable bonds is 3. The molecule has 3 atom stereocenters. The van der Waals surface area contributed by atoms with Crippen LogP contribution < -0.4 is 0 Å². The average molecular weight is 274 g/mol. The molecule has 7 nitrogen and oxygen atoms in total. The van der Waals surface area contributed by atoms with E-state index in [1.165, 1.54) is 0 Å². The molecule has 108 valence electrons. The van der Waals surface area contributed by atoms with Crippen molar-refractivity contribution < 1.29 is 33.6 Å². The third kappa shape index (κ3) is 2.94. The highest BCUT2D eigenvalue weighted by Crippen LogP contribution is 2.35. The molecule has 0 spiro atoms. The predicted octanol–water partition coefficient (Wildman–Crippen LogP) is 0.312. The van der Waals surface area contributed by atoms with Gasteiger partial charge in [0, 0.05) is 0 Å². The zero-order valence-electron chi connectivity index (χ0n) is 11.3. The first kappa shape index (κ1) is 14.4. The number of ether oxygens (including phenoxy) is 4. The van der Waals surface area contributed by atoms with Crippen molar-refractivity contribution in [1.29, 1.82) is 0 Å². The number of carbonyl (C=O) groups is 2. The van der Waals surface area contributed by atoms with Gasteiger partial charge in [-0.05, 0) is 27.7 Å². The van der Waals surface area contributed by atoms with Gasteiger partial charge in [-0.3, -0.25) is 4.79 Å². The Labute approximate surface area is 110 Å². The molecule has 1 N–H and O–H groups in total. The number of carboxylic acid groups (broad SMARTS) is 1. The maximum absolute atomic E-state index is 11.7. The molecule has 0 aromatic rings. The number of carboxylic acids is 1. The van der Waals surface area contributed by atoms with E-state index in [0.29, 0.717) is 0 Å². The van der Waals surface area contributed by atoms with E-state index in [0.717, 1.165) is 0 Å². The summed E-state index contributed by atoms with van der Waals surface area (Å²) < 4.78 is 22.0. The fraction of sp³-hybridized carbons (Fsp3) is 0.833. The summed E-state index contributed by atoms with van der Waals surface area (Å²) in [5.41, 5.74) is 0. The minimum atomic E-state index is -1.55. The molecule has 0 radical (unpaired) electrons. The average Bonchev–Trinajstić information content (AvgIpc) is 2.77. The number of aliphatic carboxylic acids is 1. The molecule has 7 heteroatoms. The number of hydrogen-bond acceptors (Lipinski definition) is 6. The Hall–Kier alpha value is -1.02. The highest BCUT2D eigenvalue weighted by atomic mass is 16.8. The summed E-state index contributed by atoms with van der Waals surface area (Å²) in [7, 11) is 0. The van der Waals surface area contributed by atoms with Crippen LogP contribution in [0.2, 0.25) is 0 Å². The summed E-state index contributed by atoms with van der Waals surface area (Å²) in [5, 5.41) is 8.82. The first-order valence-electron chi connectivity index (χ1n) is 6.06. The highest BCUT2D eigenvalue weighted by Gasteiger charge is 2.53. The molecule has 2 rings (SSSR count). The van der Waals surface area contributed by atoms with Crippen LogP contribution in [-0.2, 0) is 28.5 Å². The smallest absolute Gasteiger partial charge is 0.375 e. The summed E-state index contributed by atoms with van der Waals surface area (Å²) in [6.07, 6.45) is -2.51. The van der Waals surface area contributed by atoms with Gasteiger partial charge < -0.3 is 24.1 Å². The van der Waals surface area contributed by atoms with Crippen LogP contribution in [0.3, 0.4) is 0 Å². The fourth-order valence-corrected chi connectivity index (χ4v) is 2.26. The zero-order valence-corrected chi connectivity index (χ0v) is 11.3. The van der Waals surface area contributed by atoms with E-state index in [9.17, 15) is 9.59 Å². The van der Waals surface area contributed by atoms with Gasteiger partial charge in [0.05, 0.1) is 6.61 Å². The summed E-state index contributed by atoms with van der Waals surface area (Å²) in [6, 6.07) is 0. The van der Waals surface area contributed by atoms with E-state index in [1.54, 1.807) is 27.7 Å². The van der Waals surface area contributed by atoms with Crippen molar-refractivity contribution in [2.24, 2.45) is 0 Å². The monoisotopic (exact) mass is 274 g/mol. The van der Waals surface area contributed by atoms with Crippen molar-refractivity contribution in [3.05, 3.63) is 0 Å². The Bertz CT molecular complexity index is 401. The Morgan fingerprint density at radius 3 is 2.16 bits per heavy atom. The lowest BCUT2D eigenvalue weighted by Crippen LogP contribution is -2.44. The second-order valence-corrected chi connectivity index (χ2v) is 5.56. The Kier molecular flexibility index (Phi) is 3.42. The van der Waals surface area contributed by atoms with Crippen molar-refractivity contribution in [3.63, 3.8) is 0 Å². The van der Waals surface area contributed by atoms with Crippen molar-refractivity contribution in [3.8, 4) is 0 Å². The number of ketones is 1. The third-order valence-corrected chi connectivity index (χ3v) is 3.00. The molecule has 0 aromatic heterocycles. The van der Waals surface area contributed by atoms with E-state index < -0.39 is 41.6 Å². The third-order valence-electron chi connectivity index (χ3n) is 3.00. The Morgan fingerprint density at radius 1 is 1.05 bits per heavy atom. The van der Waals surface area contributed by atoms with Crippen LogP contribution in [0.4, 0.5) is 0 Å². The molecule has 0 aliphatic carbocycles. The van der Waals surface area contributed by atoms with Crippen LogP contribution in [0, 0.1) is 0 Å². The molecule has 0 saturated carbocycles. The van der Waals surface area contributed by atoms with Gasteiger partial charge >= 0.3 is 5.97 Å². The van der Waals surface area contributed by atoms with Crippen LogP contribution in [0.25, 0.3) is 0 Å². The van der Waals surface area contributed by atoms with Gasteiger partial charge in [-0.1, -0.05) is 0 Å². The second-order valence-electron chi connectivity index (χ2n) is 5.56. The molecule has 0 bridgehead atoms. The summed E-state index contributed by atoms with van der Waals surface area (Å²) in [5.74, 6) is -4.40. The van der Waals surface area contributed by atoms with E-state index in [-0.39, 0.29) is 6.61 Å². The van der Waals surface area contributed by atoms with Gasteiger partial charge in [0.25, 0.3) is 5.78 Å². The van der Waals surface area contributed by atoms with E-state index >= 15 is 0 Å². The first-order valence-corrected chi connectivity index (χ1v) is 6.06. The molecule has 2 saturated heterocycles. The molecule has 2 fully saturated rings. The minimum absolute atomic E-state index is 0.223. The zero-order chi connectivity index (χ0) is 14.4. The number of hydrogen-bond donors (Lipinski definition) is 1. The van der Waals surface area contributed by atoms with Crippen molar-refractivity contribution in [1.82, 2.24) is 0 Å². The normalized spacial score (nSPS) is 36.3. The minimum Gasteiger partial charge on any atom is -0.475 e. The number of Topliss-reactive ketones (excluding diaryl/α,β-unsaturated/α-hetero) is 1. The summed E-state index contributed by atoms with van der Waals surface area (Å²) in [6.45, 7) is 6.94. The quantitative estimate of drug-likeness (QED) is 0.740. The highest BCUT2D eigenvalue weighted by molar-refractivity contribution is 6.34. The van der Waals surface area contributed by atoms with Crippen LogP contribution >= 0.6 is 0 Å². The van der Waals surface area contributed by atoms with Crippen LogP contribution in [0.15, 0.2) is 0 Å². The van der Waals surface area contributed by atoms with Gasteiger partial charge in [0.15, 0.2) is 17.7 Å². The molecule has 0 aromatic carbocycles. The Morgan fingerprint density at radius 2 is 1.68 bits per heavy atom. The number of carbonyl (C=O) groups excluding carboxylic acids is 1. The fourth-order valence-electron chi connectivity index (χ4n) is 2.26. The van der Waals surface area contributed by atoms with Gasteiger partial charge in [-0.25, -0.2) is 4.79 Å². The van der Waals surface area contributed by atoms with Crippen molar-refractivity contribution in [2.75, 3.05) is 6.61 Å². The maximum atomic E-state index is 11.7. The van der Waals surface area contributed by atoms with E-state index in [4.69, 9.17) is 24.1 Å². The van der Waals surface area contributed by atoms with Gasteiger partial charge in [-0.15, -0.1) is 0 Å². The van der Waals surface area contributed by atoms with Crippen molar-refractivity contribution >= 4 is 11.8 Å². The van der Waals surface area contributed by atoms with E-state index in [2.05, 4.69) is 0 Å². The first-order chi connectivity index (χ1) is 8.61. The standard InChI is InChI=1S/C12H18O7/c1-11(2)16-5-6(17-11)8-9(7(13)10(14)15)19-12(3,4)18-8/h6,8-9H,5H2,1-4H3,(H,14,15)/t6-,8-,9-/m0/s1. The van der Waals surface area contributed by atoms with Crippen LogP contribution in [0.1, 0.15) is 27.7 Å².